The number of nitrogens with one attached hydrogen (secondary N) is 1. The van der Waals surface area contributed by atoms with Crippen molar-refractivity contribution in [1.82, 2.24) is 20.0 Å². The molecule has 12 heteroatoms. The number of rotatable bonds is 7. The summed E-state index contributed by atoms with van der Waals surface area (Å²) in [6.45, 7) is 2.14. The van der Waals surface area contributed by atoms with Crippen molar-refractivity contribution in [2.45, 2.75) is 24.8 Å². The molecular formula is C20H19N5O6S. The van der Waals surface area contributed by atoms with Gasteiger partial charge in [0.2, 0.25) is 10.0 Å². The van der Waals surface area contributed by atoms with E-state index >= 15 is 0 Å². The summed E-state index contributed by atoms with van der Waals surface area (Å²) < 4.78 is 34.1. The van der Waals surface area contributed by atoms with Crippen LogP contribution in [0.3, 0.4) is 0 Å². The summed E-state index contributed by atoms with van der Waals surface area (Å²) in [6, 6.07) is 11.4. The molecule has 0 unspecified atom stereocenters. The van der Waals surface area contributed by atoms with Crippen molar-refractivity contribution >= 4 is 27.0 Å². The van der Waals surface area contributed by atoms with Crippen LogP contribution in [-0.4, -0.2) is 35.6 Å². The fraction of sp³-hybridized carbons (Fsp3) is 0.200. The number of aromatic nitrogens is 3. The Kier molecular flexibility index (Phi) is 5.63. The van der Waals surface area contributed by atoms with E-state index in [2.05, 4.69) is 15.5 Å². The molecule has 0 atom stereocenters. The van der Waals surface area contributed by atoms with Crippen molar-refractivity contribution in [2.75, 3.05) is 6.54 Å². The molecule has 2 aromatic carbocycles. The summed E-state index contributed by atoms with van der Waals surface area (Å²) in [5.41, 5.74) is 2.81. The van der Waals surface area contributed by atoms with E-state index in [1.807, 2.05) is 19.1 Å². The summed E-state index contributed by atoms with van der Waals surface area (Å²) in [6.07, 6.45) is 0.452. The van der Waals surface area contributed by atoms with Crippen molar-refractivity contribution in [3.63, 3.8) is 0 Å². The van der Waals surface area contributed by atoms with Crippen LogP contribution >= 0.6 is 0 Å². The third kappa shape index (κ3) is 4.60. The molecule has 4 rings (SSSR count). The van der Waals surface area contributed by atoms with Crippen LogP contribution in [0, 0.1) is 6.92 Å². The fourth-order valence-electron chi connectivity index (χ4n) is 3.12. The second kappa shape index (κ2) is 8.40. The Balaban J connectivity index is 1.38. The van der Waals surface area contributed by atoms with Gasteiger partial charge >= 0.3 is 17.6 Å². The monoisotopic (exact) mass is 457 g/mol. The number of primary sulfonamides is 1. The number of fused-ring (bicyclic) bond motifs is 1. The number of aryl methyl sites for hydroxylation is 1. The van der Waals surface area contributed by atoms with Crippen molar-refractivity contribution in [3.05, 3.63) is 75.9 Å². The molecule has 3 N–H and O–H groups in total. The SMILES string of the molecule is Cc1ccc2oc(=O)n(Cc3noc(C(=O)NCCc4ccc(S(N)(=O)=O)cc4)n3)c2c1. The van der Waals surface area contributed by atoms with Crippen LogP contribution in [0.4, 0.5) is 0 Å². The standard InChI is InChI=1S/C20H19N5O6S/c1-12-2-7-16-15(10-12)25(20(27)30-16)11-17-23-19(31-24-17)18(26)22-9-8-13-3-5-14(6-4-13)32(21,28)29/h2-7,10H,8-9,11H2,1H3,(H,22,26)(H2,21,28,29). The molecule has 0 fully saturated rings. The van der Waals surface area contributed by atoms with Gasteiger partial charge in [-0.25, -0.2) is 18.4 Å². The Morgan fingerprint density at radius 1 is 1.19 bits per heavy atom. The van der Waals surface area contributed by atoms with E-state index in [4.69, 9.17) is 14.1 Å². The number of hydrogen-bond donors (Lipinski definition) is 2. The number of hydrogen-bond acceptors (Lipinski definition) is 8. The third-order valence-corrected chi connectivity index (χ3v) is 5.67. The molecule has 2 aromatic heterocycles. The highest BCUT2D eigenvalue weighted by Crippen LogP contribution is 2.15. The minimum atomic E-state index is -3.75. The van der Waals surface area contributed by atoms with E-state index in [9.17, 15) is 18.0 Å². The molecule has 4 aromatic rings. The number of carbonyl (C=O) groups is 1. The highest BCUT2D eigenvalue weighted by atomic mass is 32.2. The second-order valence-electron chi connectivity index (χ2n) is 7.14. The predicted molar refractivity (Wildman–Crippen MR) is 112 cm³/mol. The normalized spacial score (nSPS) is 11.7. The van der Waals surface area contributed by atoms with Crippen LogP contribution in [0.5, 0.6) is 0 Å². The van der Waals surface area contributed by atoms with E-state index in [1.165, 1.54) is 16.7 Å². The van der Waals surface area contributed by atoms with Gasteiger partial charge in [-0.2, -0.15) is 4.98 Å². The average Bonchev–Trinajstić information content (AvgIpc) is 3.33. The topological polar surface area (TPSA) is 163 Å². The first-order valence-electron chi connectivity index (χ1n) is 9.53. The molecule has 0 aliphatic rings. The molecule has 0 bridgehead atoms. The molecule has 2 heterocycles. The van der Waals surface area contributed by atoms with E-state index in [0.717, 1.165) is 11.1 Å². The molecule has 0 spiro atoms. The molecule has 0 saturated carbocycles. The minimum Gasteiger partial charge on any atom is -0.408 e. The molecule has 11 nitrogen and oxygen atoms in total. The van der Waals surface area contributed by atoms with E-state index in [-0.39, 0.29) is 29.7 Å². The zero-order valence-electron chi connectivity index (χ0n) is 16.9. The number of sulfonamides is 1. The van der Waals surface area contributed by atoms with Gasteiger partial charge < -0.3 is 14.3 Å². The van der Waals surface area contributed by atoms with Gasteiger partial charge in [0.15, 0.2) is 11.4 Å². The lowest BCUT2D eigenvalue weighted by Gasteiger charge is -2.04. The number of amides is 1. The van der Waals surface area contributed by atoms with E-state index < -0.39 is 21.7 Å². The van der Waals surface area contributed by atoms with Gasteiger partial charge in [0.25, 0.3) is 0 Å². The van der Waals surface area contributed by atoms with Crippen molar-refractivity contribution in [3.8, 4) is 0 Å². The predicted octanol–water partition coefficient (Wildman–Crippen LogP) is 0.954. The zero-order valence-corrected chi connectivity index (χ0v) is 17.8. The number of nitrogens with zero attached hydrogens (tertiary/aromatic N) is 3. The van der Waals surface area contributed by atoms with Gasteiger partial charge in [0, 0.05) is 6.54 Å². The van der Waals surface area contributed by atoms with Crippen LogP contribution in [-0.2, 0) is 23.0 Å². The summed E-state index contributed by atoms with van der Waals surface area (Å²) >= 11 is 0. The van der Waals surface area contributed by atoms with Crippen LogP contribution in [0.25, 0.3) is 11.1 Å². The van der Waals surface area contributed by atoms with Crippen molar-refractivity contribution in [1.29, 1.82) is 0 Å². The quantitative estimate of drug-likeness (QED) is 0.414. The number of carbonyl (C=O) groups excluding carboxylic acids is 1. The lowest BCUT2D eigenvalue weighted by atomic mass is 10.1. The van der Waals surface area contributed by atoms with Gasteiger partial charge in [-0.1, -0.05) is 23.4 Å². The van der Waals surface area contributed by atoms with Gasteiger partial charge in [-0.05, 0) is 48.7 Å². The summed E-state index contributed by atoms with van der Waals surface area (Å²) in [4.78, 5) is 28.5. The molecule has 0 aliphatic carbocycles. The Bertz CT molecular complexity index is 1450. The lowest BCUT2D eigenvalue weighted by molar-refractivity contribution is 0.0910. The summed E-state index contributed by atoms with van der Waals surface area (Å²) in [7, 11) is -3.75. The largest absolute Gasteiger partial charge is 0.420 e. The molecule has 32 heavy (non-hydrogen) atoms. The summed E-state index contributed by atoms with van der Waals surface area (Å²) in [5, 5.41) is 11.5. The molecule has 0 aliphatic heterocycles. The smallest absolute Gasteiger partial charge is 0.408 e. The first kappa shape index (κ1) is 21.5. The van der Waals surface area contributed by atoms with Gasteiger partial charge in [-0.3, -0.25) is 9.36 Å². The summed E-state index contributed by atoms with van der Waals surface area (Å²) in [5.74, 6) is -1.21. The minimum absolute atomic E-state index is 0.0114. The lowest BCUT2D eigenvalue weighted by Crippen LogP contribution is -2.26. The number of oxazole rings is 1. The fourth-order valence-corrected chi connectivity index (χ4v) is 3.63. The Morgan fingerprint density at radius 3 is 2.66 bits per heavy atom. The highest BCUT2D eigenvalue weighted by Gasteiger charge is 2.17. The Labute approximate surface area is 181 Å². The average molecular weight is 457 g/mol. The van der Waals surface area contributed by atoms with Crippen molar-refractivity contribution < 1.29 is 22.2 Å². The van der Waals surface area contributed by atoms with Crippen LogP contribution in [0.2, 0.25) is 0 Å². The number of nitrogens with two attached hydrogens (primary N) is 1. The molecule has 166 valence electrons. The molecule has 1 amide bonds. The van der Waals surface area contributed by atoms with Gasteiger partial charge in [0.1, 0.15) is 0 Å². The molecule has 0 radical (unpaired) electrons. The maximum Gasteiger partial charge on any atom is 0.420 e. The Hall–Kier alpha value is -3.77. The first-order chi connectivity index (χ1) is 15.2. The zero-order chi connectivity index (χ0) is 22.9. The van der Waals surface area contributed by atoms with Crippen LogP contribution in [0.1, 0.15) is 27.6 Å². The molecule has 0 saturated heterocycles. The second-order valence-corrected chi connectivity index (χ2v) is 8.70. The molecular weight excluding hydrogens is 438 g/mol. The number of benzene rings is 2. The van der Waals surface area contributed by atoms with Crippen molar-refractivity contribution in [2.24, 2.45) is 5.14 Å². The third-order valence-electron chi connectivity index (χ3n) is 4.74. The maximum absolute atomic E-state index is 12.3. The highest BCUT2D eigenvalue weighted by molar-refractivity contribution is 7.89. The van der Waals surface area contributed by atoms with Crippen LogP contribution < -0.4 is 16.2 Å². The Morgan fingerprint density at radius 2 is 1.94 bits per heavy atom. The first-order valence-corrected chi connectivity index (χ1v) is 11.1. The van der Waals surface area contributed by atoms with Gasteiger partial charge in [-0.15, -0.1) is 0 Å². The van der Waals surface area contributed by atoms with Gasteiger partial charge in [0.05, 0.1) is 17.0 Å². The van der Waals surface area contributed by atoms with E-state index in [1.54, 1.807) is 18.2 Å². The van der Waals surface area contributed by atoms with E-state index in [0.29, 0.717) is 17.5 Å². The maximum atomic E-state index is 12.3. The van der Waals surface area contributed by atoms with Crippen LogP contribution in [0.15, 0.2) is 61.1 Å².